The third-order valence-corrected chi connectivity index (χ3v) is 4.12. The number of ether oxygens (including phenoxy) is 2. The quantitative estimate of drug-likeness (QED) is 0.828. The number of carbonyl (C=O) groups is 1. The van der Waals surface area contributed by atoms with Crippen LogP contribution in [0.2, 0.25) is 0 Å². The number of fused-ring (bicyclic) bond motifs is 2. The monoisotopic (exact) mass is 323 g/mol. The molecular formula is C18H17N3O3. The first-order valence-corrected chi connectivity index (χ1v) is 7.83. The van der Waals surface area contributed by atoms with Gasteiger partial charge in [0.25, 0.3) is 5.91 Å². The molecule has 1 aliphatic carbocycles. The van der Waals surface area contributed by atoms with Gasteiger partial charge in [-0.3, -0.25) is 15.2 Å². The minimum atomic E-state index is -0.687. The number of nitrogens with one attached hydrogen (secondary N) is 2. The van der Waals surface area contributed by atoms with Gasteiger partial charge in [-0.05, 0) is 17.7 Å². The van der Waals surface area contributed by atoms with Crippen LogP contribution in [0.4, 0.5) is 0 Å². The molecule has 0 spiro atoms. The molecular weight excluding hydrogens is 306 g/mol. The molecule has 1 aromatic rings. The second-order valence-corrected chi connectivity index (χ2v) is 5.71. The molecule has 0 fully saturated rings. The normalized spacial score (nSPS) is 27.8. The van der Waals surface area contributed by atoms with Gasteiger partial charge in [0.1, 0.15) is 6.61 Å². The lowest BCUT2D eigenvalue weighted by Crippen LogP contribution is -2.47. The van der Waals surface area contributed by atoms with Gasteiger partial charge in [-0.15, -0.1) is 0 Å². The summed E-state index contributed by atoms with van der Waals surface area (Å²) in [6.07, 6.45) is 11.1. The van der Waals surface area contributed by atoms with Crippen LogP contribution in [0, 0.1) is 5.92 Å². The van der Waals surface area contributed by atoms with E-state index >= 15 is 0 Å². The number of para-hydroxylation sites is 2. The Morgan fingerprint density at radius 2 is 2.04 bits per heavy atom. The smallest absolute Gasteiger partial charge is 0.282 e. The van der Waals surface area contributed by atoms with Crippen LogP contribution in [0.3, 0.4) is 0 Å². The molecule has 0 saturated heterocycles. The van der Waals surface area contributed by atoms with E-state index in [1.807, 2.05) is 36.6 Å². The van der Waals surface area contributed by atoms with Crippen LogP contribution in [0.5, 0.6) is 11.5 Å². The minimum Gasteiger partial charge on any atom is -0.485 e. The highest BCUT2D eigenvalue weighted by Gasteiger charge is 2.28. The minimum absolute atomic E-state index is 0.158. The topological polar surface area (TPSA) is 72.0 Å². The number of hydrogen-bond acceptors (Lipinski definition) is 5. The van der Waals surface area contributed by atoms with Crippen molar-refractivity contribution in [1.82, 2.24) is 10.9 Å². The van der Waals surface area contributed by atoms with Gasteiger partial charge in [0.05, 0.1) is 6.04 Å². The van der Waals surface area contributed by atoms with Gasteiger partial charge < -0.3 is 14.9 Å². The SMILES string of the molecule is O=C(NNC=C1C=NC2C=CC=CC12)C1COc2ccccc2O1. The summed E-state index contributed by atoms with van der Waals surface area (Å²) in [5, 5.41) is 0. The summed E-state index contributed by atoms with van der Waals surface area (Å²) in [4.78, 5) is 16.6. The van der Waals surface area contributed by atoms with Crippen LogP contribution >= 0.6 is 0 Å². The van der Waals surface area contributed by atoms with Gasteiger partial charge >= 0.3 is 0 Å². The average Bonchev–Trinajstić information content (AvgIpc) is 3.04. The number of benzene rings is 1. The van der Waals surface area contributed by atoms with Crippen molar-refractivity contribution < 1.29 is 14.3 Å². The standard InChI is InChI=1S/C18H17N3O3/c22-18(17-11-23-15-7-3-4-8-16(15)24-17)21-20-10-12-9-19-14-6-2-1-5-13(12)14/h1-10,13-14,17,20H,11H2,(H,21,22). The fourth-order valence-corrected chi connectivity index (χ4v) is 2.86. The Labute approximate surface area is 139 Å². The molecule has 3 atom stereocenters. The summed E-state index contributed by atoms with van der Waals surface area (Å²) in [7, 11) is 0. The molecule has 122 valence electrons. The highest BCUT2D eigenvalue weighted by molar-refractivity contribution is 5.84. The van der Waals surface area contributed by atoms with Gasteiger partial charge in [0.2, 0.25) is 6.10 Å². The lowest BCUT2D eigenvalue weighted by Gasteiger charge is -2.25. The maximum absolute atomic E-state index is 12.2. The number of hydrazine groups is 1. The zero-order valence-electron chi connectivity index (χ0n) is 12.9. The summed E-state index contributed by atoms with van der Waals surface area (Å²) < 4.78 is 11.2. The lowest BCUT2D eigenvalue weighted by atomic mass is 9.92. The molecule has 0 aromatic heterocycles. The lowest BCUT2D eigenvalue weighted by molar-refractivity contribution is -0.131. The van der Waals surface area contributed by atoms with Crippen LogP contribution < -0.4 is 20.3 Å². The van der Waals surface area contributed by atoms with Crippen molar-refractivity contribution in [3.05, 3.63) is 60.3 Å². The Morgan fingerprint density at radius 1 is 1.21 bits per heavy atom. The number of rotatable bonds is 3. The third kappa shape index (κ3) is 2.78. The Balaban J connectivity index is 1.33. The molecule has 1 amide bonds. The van der Waals surface area contributed by atoms with Gasteiger partial charge in [0, 0.05) is 18.3 Å². The number of aliphatic imine (C=N–C) groups is 1. The van der Waals surface area contributed by atoms with Crippen molar-refractivity contribution in [3.63, 3.8) is 0 Å². The fourth-order valence-electron chi connectivity index (χ4n) is 2.86. The Kier molecular flexibility index (Phi) is 3.78. The first kappa shape index (κ1) is 14.6. The van der Waals surface area contributed by atoms with Crippen molar-refractivity contribution in [2.24, 2.45) is 10.9 Å². The summed E-state index contributed by atoms with van der Waals surface area (Å²) in [6.45, 7) is 0.181. The van der Waals surface area contributed by atoms with E-state index in [1.165, 1.54) is 0 Å². The van der Waals surface area contributed by atoms with Crippen molar-refractivity contribution >= 4 is 12.1 Å². The molecule has 6 heteroatoms. The summed E-state index contributed by atoms with van der Waals surface area (Å²) in [5.74, 6) is 1.17. The van der Waals surface area contributed by atoms with Gasteiger partial charge in [-0.2, -0.15) is 0 Å². The van der Waals surface area contributed by atoms with Crippen LogP contribution in [0.25, 0.3) is 0 Å². The van der Waals surface area contributed by atoms with E-state index in [2.05, 4.69) is 28.0 Å². The second kappa shape index (κ2) is 6.23. The molecule has 3 unspecified atom stereocenters. The number of carbonyl (C=O) groups excluding carboxylic acids is 1. The Hall–Kier alpha value is -3.02. The van der Waals surface area contributed by atoms with Crippen LogP contribution in [0.15, 0.2) is 65.3 Å². The second-order valence-electron chi connectivity index (χ2n) is 5.71. The zero-order valence-corrected chi connectivity index (χ0v) is 12.9. The van der Waals surface area contributed by atoms with Gasteiger partial charge in [-0.25, -0.2) is 0 Å². The van der Waals surface area contributed by atoms with E-state index in [0.29, 0.717) is 11.5 Å². The molecule has 6 nitrogen and oxygen atoms in total. The number of allylic oxidation sites excluding steroid dienone is 2. The van der Waals surface area contributed by atoms with E-state index < -0.39 is 6.10 Å². The first-order valence-electron chi connectivity index (χ1n) is 7.83. The molecule has 0 saturated carbocycles. The van der Waals surface area contributed by atoms with Crippen LogP contribution in [-0.2, 0) is 4.79 Å². The number of hydrogen-bond donors (Lipinski definition) is 2. The van der Waals surface area contributed by atoms with E-state index in [-0.39, 0.29) is 24.5 Å². The molecule has 2 aliphatic heterocycles. The maximum atomic E-state index is 12.2. The third-order valence-electron chi connectivity index (χ3n) is 4.12. The largest absolute Gasteiger partial charge is 0.485 e. The molecule has 3 aliphatic rings. The summed E-state index contributed by atoms with van der Waals surface area (Å²) in [5.41, 5.74) is 6.49. The zero-order chi connectivity index (χ0) is 16.4. The van der Waals surface area contributed by atoms with E-state index in [4.69, 9.17) is 9.47 Å². The van der Waals surface area contributed by atoms with Crippen molar-refractivity contribution in [2.45, 2.75) is 12.1 Å². The first-order chi connectivity index (χ1) is 11.8. The fraction of sp³-hybridized carbons (Fsp3) is 0.222. The highest BCUT2D eigenvalue weighted by Crippen LogP contribution is 2.31. The molecule has 1 aromatic carbocycles. The predicted octanol–water partition coefficient (Wildman–Crippen LogP) is 1.53. The molecule has 2 heterocycles. The summed E-state index contributed by atoms with van der Waals surface area (Å²) in [6, 6.07) is 7.45. The summed E-state index contributed by atoms with van der Waals surface area (Å²) >= 11 is 0. The van der Waals surface area contributed by atoms with Gasteiger partial charge in [0.15, 0.2) is 11.5 Å². The highest BCUT2D eigenvalue weighted by atomic mass is 16.6. The number of nitrogens with zero attached hydrogens (tertiary/aromatic N) is 1. The maximum Gasteiger partial charge on any atom is 0.282 e. The molecule has 0 bridgehead atoms. The molecule has 2 N–H and O–H groups in total. The van der Waals surface area contributed by atoms with E-state index in [9.17, 15) is 4.79 Å². The van der Waals surface area contributed by atoms with E-state index in [1.54, 1.807) is 12.3 Å². The van der Waals surface area contributed by atoms with Gasteiger partial charge in [-0.1, -0.05) is 36.4 Å². The van der Waals surface area contributed by atoms with E-state index in [0.717, 1.165) is 5.57 Å². The Bertz CT molecular complexity index is 767. The van der Waals surface area contributed by atoms with Crippen molar-refractivity contribution in [1.29, 1.82) is 0 Å². The molecule has 0 radical (unpaired) electrons. The Morgan fingerprint density at radius 3 is 2.96 bits per heavy atom. The molecule has 4 rings (SSSR count). The number of amides is 1. The van der Waals surface area contributed by atoms with Crippen LogP contribution in [-0.4, -0.2) is 30.9 Å². The average molecular weight is 323 g/mol. The predicted molar refractivity (Wildman–Crippen MR) is 89.8 cm³/mol. The van der Waals surface area contributed by atoms with Crippen LogP contribution in [0.1, 0.15) is 0 Å². The van der Waals surface area contributed by atoms with Crippen molar-refractivity contribution in [3.8, 4) is 11.5 Å². The van der Waals surface area contributed by atoms with Crippen molar-refractivity contribution in [2.75, 3.05) is 6.61 Å². The molecule has 24 heavy (non-hydrogen) atoms.